The van der Waals surface area contributed by atoms with Gasteiger partial charge in [0.05, 0.1) is 5.75 Å². The van der Waals surface area contributed by atoms with E-state index in [1.165, 1.54) is 10.9 Å². The average Bonchev–Trinajstić information content (AvgIpc) is 2.48. The number of hydrogen-bond acceptors (Lipinski definition) is 4. The summed E-state index contributed by atoms with van der Waals surface area (Å²) in [5.74, 6) is -0.0317. The Balaban J connectivity index is 3.01. The van der Waals surface area contributed by atoms with E-state index in [0.717, 1.165) is 0 Å². The third kappa shape index (κ3) is 2.15. The summed E-state index contributed by atoms with van der Waals surface area (Å²) in [4.78, 5) is 0. The van der Waals surface area contributed by atoms with Crippen LogP contribution in [-0.2, 0) is 16.9 Å². The zero-order valence-electron chi connectivity index (χ0n) is 7.51. The predicted octanol–water partition coefficient (Wildman–Crippen LogP) is 0.165. The van der Waals surface area contributed by atoms with Gasteiger partial charge in [0.2, 0.25) is 15.0 Å². The molecule has 1 aromatic heterocycles. The van der Waals surface area contributed by atoms with Crippen molar-refractivity contribution in [3.63, 3.8) is 0 Å². The van der Waals surface area contributed by atoms with Crippen LogP contribution in [0.1, 0.15) is 6.92 Å². The molecule has 0 saturated carbocycles. The van der Waals surface area contributed by atoms with Crippen molar-refractivity contribution in [1.29, 1.82) is 0 Å². The van der Waals surface area contributed by atoms with Gasteiger partial charge in [0.25, 0.3) is 0 Å². The van der Waals surface area contributed by atoms with Crippen molar-refractivity contribution in [3.05, 3.63) is 18.5 Å². The van der Waals surface area contributed by atoms with E-state index < -0.39 is 9.84 Å². The van der Waals surface area contributed by atoms with Crippen LogP contribution in [-0.4, -0.2) is 28.9 Å². The van der Waals surface area contributed by atoms with Crippen molar-refractivity contribution in [2.45, 2.75) is 12.1 Å². The minimum Gasteiger partial charge on any atom is -0.308 e. The summed E-state index contributed by atoms with van der Waals surface area (Å²) in [6, 6.07) is 0. The van der Waals surface area contributed by atoms with E-state index in [9.17, 15) is 8.42 Å². The summed E-state index contributed by atoms with van der Waals surface area (Å²) in [6.45, 7) is 1.77. The molecule has 0 fully saturated rings. The Hall–Kier alpha value is -1.17. The molecule has 0 bridgehead atoms. The van der Waals surface area contributed by atoms with E-state index >= 15 is 0 Å². The maximum Gasteiger partial charge on any atom is 0.249 e. The molecular weight excluding hydrogens is 190 g/mol. The third-order valence-electron chi connectivity index (χ3n) is 1.50. The first-order chi connectivity index (χ1) is 6.08. The number of rotatable bonds is 3. The van der Waals surface area contributed by atoms with Gasteiger partial charge >= 0.3 is 0 Å². The molecule has 6 heteroatoms. The molecule has 0 saturated heterocycles. The van der Waals surface area contributed by atoms with E-state index in [1.807, 2.05) is 0 Å². The Morgan fingerprint density at radius 2 is 2.31 bits per heavy atom. The van der Waals surface area contributed by atoms with Gasteiger partial charge in [0.1, 0.15) is 6.33 Å². The summed E-state index contributed by atoms with van der Waals surface area (Å²) in [5.41, 5.74) is 0. The van der Waals surface area contributed by atoms with Crippen molar-refractivity contribution in [2.24, 2.45) is 7.05 Å². The number of allylic oxidation sites excluding steroid dienone is 1. The Kier molecular flexibility index (Phi) is 2.82. The molecule has 1 rings (SSSR count). The molecule has 0 amide bonds. The van der Waals surface area contributed by atoms with Crippen LogP contribution in [0.5, 0.6) is 0 Å². The molecule has 13 heavy (non-hydrogen) atoms. The zero-order chi connectivity index (χ0) is 9.90. The molecule has 1 aromatic rings. The minimum atomic E-state index is -3.31. The highest BCUT2D eigenvalue weighted by Gasteiger charge is 2.17. The molecule has 0 aliphatic carbocycles. The Labute approximate surface area is 77.0 Å². The molecular formula is C7H11N3O2S. The van der Waals surface area contributed by atoms with Gasteiger partial charge in [-0.2, -0.15) is 0 Å². The Morgan fingerprint density at radius 3 is 2.77 bits per heavy atom. The second kappa shape index (κ2) is 3.69. The summed E-state index contributed by atoms with van der Waals surface area (Å²) >= 11 is 0. The highest BCUT2D eigenvalue weighted by atomic mass is 32.2. The molecule has 0 atom stereocenters. The molecule has 0 N–H and O–H groups in total. The average molecular weight is 201 g/mol. The molecule has 5 nitrogen and oxygen atoms in total. The number of nitrogens with zero attached hydrogens (tertiary/aromatic N) is 3. The Bertz CT molecular complexity index is 405. The van der Waals surface area contributed by atoms with E-state index in [4.69, 9.17) is 0 Å². The first-order valence-corrected chi connectivity index (χ1v) is 5.41. The smallest absolute Gasteiger partial charge is 0.249 e. The SMILES string of the molecule is C/C=C/CS(=O)(=O)c1nncn1C. The summed E-state index contributed by atoms with van der Waals surface area (Å²) in [5, 5.41) is 7.04. The highest BCUT2D eigenvalue weighted by Crippen LogP contribution is 2.05. The van der Waals surface area contributed by atoms with Gasteiger partial charge in [0, 0.05) is 7.05 Å². The van der Waals surface area contributed by atoms with E-state index in [0.29, 0.717) is 0 Å². The van der Waals surface area contributed by atoms with Gasteiger partial charge in [-0.15, -0.1) is 10.2 Å². The van der Waals surface area contributed by atoms with Gasteiger partial charge < -0.3 is 4.57 Å². The van der Waals surface area contributed by atoms with Crippen LogP contribution in [0, 0.1) is 0 Å². The van der Waals surface area contributed by atoms with E-state index in [2.05, 4.69) is 10.2 Å². The summed E-state index contributed by atoms with van der Waals surface area (Å²) in [6.07, 6.45) is 4.63. The van der Waals surface area contributed by atoms with Crippen molar-refractivity contribution in [1.82, 2.24) is 14.8 Å². The molecule has 0 aliphatic heterocycles. The fraction of sp³-hybridized carbons (Fsp3) is 0.429. The van der Waals surface area contributed by atoms with E-state index in [1.54, 1.807) is 26.1 Å². The van der Waals surface area contributed by atoms with Crippen LogP contribution >= 0.6 is 0 Å². The molecule has 0 radical (unpaired) electrons. The number of aromatic nitrogens is 3. The lowest BCUT2D eigenvalue weighted by molar-refractivity contribution is 0.581. The van der Waals surface area contributed by atoms with Crippen molar-refractivity contribution >= 4 is 9.84 Å². The van der Waals surface area contributed by atoms with Crippen LogP contribution in [0.25, 0.3) is 0 Å². The van der Waals surface area contributed by atoms with Crippen LogP contribution in [0.3, 0.4) is 0 Å². The molecule has 72 valence electrons. The zero-order valence-corrected chi connectivity index (χ0v) is 8.32. The molecule has 1 heterocycles. The second-order valence-corrected chi connectivity index (χ2v) is 4.50. The maximum atomic E-state index is 11.5. The second-order valence-electron chi connectivity index (χ2n) is 2.57. The summed E-state index contributed by atoms with van der Waals surface area (Å²) in [7, 11) is -1.71. The quantitative estimate of drug-likeness (QED) is 0.654. The van der Waals surface area contributed by atoms with Crippen LogP contribution < -0.4 is 0 Å². The first-order valence-electron chi connectivity index (χ1n) is 3.76. The van der Waals surface area contributed by atoms with Crippen LogP contribution in [0.15, 0.2) is 23.6 Å². The maximum absolute atomic E-state index is 11.5. The van der Waals surface area contributed by atoms with Crippen molar-refractivity contribution in [3.8, 4) is 0 Å². The monoisotopic (exact) mass is 201 g/mol. The first kappa shape index (κ1) is 9.91. The van der Waals surface area contributed by atoms with Crippen molar-refractivity contribution < 1.29 is 8.42 Å². The number of hydrogen-bond donors (Lipinski definition) is 0. The van der Waals surface area contributed by atoms with Gasteiger partial charge in [0.15, 0.2) is 0 Å². The largest absolute Gasteiger partial charge is 0.308 e. The number of sulfone groups is 1. The normalized spacial score (nSPS) is 12.5. The fourth-order valence-electron chi connectivity index (χ4n) is 0.852. The molecule has 0 spiro atoms. The minimum absolute atomic E-state index is 0.00519. The van der Waals surface area contributed by atoms with Gasteiger partial charge in [-0.25, -0.2) is 8.42 Å². The third-order valence-corrected chi connectivity index (χ3v) is 3.06. The topological polar surface area (TPSA) is 64.8 Å². The molecule has 0 aliphatic rings. The van der Waals surface area contributed by atoms with Gasteiger partial charge in [-0.3, -0.25) is 0 Å². The highest BCUT2D eigenvalue weighted by molar-refractivity contribution is 7.91. The predicted molar refractivity (Wildman–Crippen MR) is 47.9 cm³/mol. The van der Waals surface area contributed by atoms with E-state index in [-0.39, 0.29) is 10.9 Å². The lowest BCUT2D eigenvalue weighted by Gasteiger charge is -1.98. The van der Waals surface area contributed by atoms with Crippen LogP contribution in [0.4, 0.5) is 0 Å². The lowest BCUT2D eigenvalue weighted by atomic mass is 10.6. The van der Waals surface area contributed by atoms with Gasteiger partial charge in [-0.05, 0) is 6.92 Å². The molecule has 0 aromatic carbocycles. The fourth-order valence-corrected chi connectivity index (χ4v) is 2.10. The summed E-state index contributed by atoms with van der Waals surface area (Å²) < 4.78 is 24.4. The van der Waals surface area contributed by atoms with Gasteiger partial charge in [-0.1, -0.05) is 12.2 Å². The Morgan fingerprint density at radius 1 is 1.62 bits per heavy atom. The lowest BCUT2D eigenvalue weighted by Crippen LogP contribution is -2.10. The van der Waals surface area contributed by atoms with Crippen molar-refractivity contribution in [2.75, 3.05) is 5.75 Å². The number of aryl methyl sites for hydroxylation is 1. The molecule has 0 unspecified atom stereocenters. The standard InChI is InChI=1S/C7H11N3O2S/c1-3-4-5-13(11,12)7-9-8-6-10(7)2/h3-4,6H,5H2,1-2H3/b4-3+. The van der Waals surface area contributed by atoms with Crippen LogP contribution in [0.2, 0.25) is 0 Å².